The summed E-state index contributed by atoms with van der Waals surface area (Å²) in [6.45, 7) is 0.998. The summed E-state index contributed by atoms with van der Waals surface area (Å²) in [4.78, 5) is 10.6. The second kappa shape index (κ2) is 3.49. The highest BCUT2D eigenvalue weighted by atomic mass is 32.2. The first-order chi connectivity index (χ1) is 6.26. The average molecular weight is 224 g/mol. The lowest BCUT2D eigenvalue weighted by Gasteiger charge is -2.29. The molecule has 14 heavy (non-hydrogen) atoms. The van der Waals surface area contributed by atoms with Crippen molar-refractivity contribution in [3.63, 3.8) is 0 Å². The zero-order valence-electron chi connectivity index (χ0n) is 7.86. The first-order valence-electron chi connectivity index (χ1n) is 4.38. The second-order valence-electron chi connectivity index (χ2n) is 3.81. The van der Waals surface area contributed by atoms with Gasteiger partial charge in [0, 0.05) is 5.92 Å². The van der Waals surface area contributed by atoms with Crippen LogP contribution in [0.3, 0.4) is 0 Å². The smallest absolute Gasteiger partial charge is 0.341 e. The molecule has 1 saturated heterocycles. The van der Waals surface area contributed by atoms with Gasteiger partial charge in [0.2, 0.25) is 5.67 Å². The van der Waals surface area contributed by atoms with E-state index in [2.05, 4.69) is 0 Å². The number of halogens is 1. The highest BCUT2D eigenvalue weighted by Crippen LogP contribution is 2.32. The van der Waals surface area contributed by atoms with Gasteiger partial charge in [-0.05, 0) is 19.8 Å². The van der Waals surface area contributed by atoms with Crippen molar-refractivity contribution < 1.29 is 22.7 Å². The number of carboxylic acids is 1. The van der Waals surface area contributed by atoms with E-state index < -0.39 is 27.4 Å². The topological polar surface area (TPSA) is 71.4 Å². The minimum absolute atomic E-state index is 0.0988. The van der Waals surface area contributed by atoms with E-state index in [1.165, 1.54) is 0 Å². The van der Waals surface area contributed by atoms with Gasteiger partial charge in [0.15, 0.2) is 0 Å². The third kappa shape index (κ3) is 2.23. The number of carbonyl (C=O) groups is 1. The van der Waals surface area contributed by atoms with Gasteiger partial charge in [-0.2, -0.15) is 0 Å². The van der Waals surface area contributed by atoms with E-state index in [-0.39, 0.29) is 24.3 Å². The Morgan fingerprint density at radius 1 is 1.43 bits per heavy atom. The Morgan fingerprint density at radius 2 is 1.86 bits per heavy atom. The van der Waals surface area contributed by atoms with Gasteiger partial charge in [-0.15, -0.1) is 0 Å². The Hall–Kier alpha value is -0.650. The molecule has 0 aromatic carbocycles. The molecule has 1 heterocycles. The molecule has 1 atom stereocenters. The van der Waals surface area contributed by atoms with Gasteiger partial charge >= 0.3 is 5.97 Å². The van der Waals surface area contributed by atoms with Crippen LogP contribution in [0.2, 0.25) is 0 Å². The minimum atomic E-state index is -3.06. The highest BCUT2D eigenvalue weighted by molar-refractivity contribution is 7.91. The predicted octanol–water partition coefficient (Wildman–Crippen LogP) is 0.624. The molecule has 1 unspecified atom stereocenters. The molecule has 0 spiro atoms. The quantitative estimate of drug-likeness (QED) is 0.746. The van der Waals surface area contributed by atoms with Crippen molar-refractivity contribution >= 4 is 15.8 Å². The molecule has 4 nitrogen and oxygen atoms in total. The Kier molecular flexibility index (Phi) is 2.85. The predicted molar refractivity (Wildman–Crippen MR) is 48.5 cm³/mol. The Labute approximate surface area is 82.0 Å². The van der Waals surface area contributed by atoms with Gasteiger partial charge in [-0.25, -0.2) is 17.6 Å². The minimum Gasteiger partial charge on any atom is -0.479 e. The third-order valence-electron chi connectivity index (χ3n) is 2.74. The van der Waals surface area contributed by atoms with Gasteiger partial charge in [0.25, 0.3) is 0 Å². The van der Waals surface area contributed by atoms with Crippen molar-refractivity contribution in [3.05, 3.63) is 0 Å². The standard InChI is InChI=1S/C8H13FO4S/c1-8(9,7(10)11)6-2-4-14(12,13)5-3-6/h6H,2-5H2,1H3,(H,10,11). The van der Waals surface area contributed by atoms with Crippen LogP contribution in [-0.4, -0.2) is 36.7 Å². The first-order valence-corrected chi connectivity index (χ1v) is 6.20. The summed E-state index contributed by atoms with van der Waals surface area (Å²) in [7, 11) is -3.06. The molecule has 1 aliphatic heterocycles. The summed E-state index contributed by atoms with van der Waals surface area (Å²) in [5.41, 5.74) is -2.31. The summed E-state index contributed by atoms with van der Waals surface area (Å²) in [6, 6.07) is 0. The van der Waals surface area contributed by atoms with Crippen LogP contribution in [-0.2, 0) is 14.6 Å². The number of rotatable bonds is 2. The van der Waals surface area contributed by atoms with Crippen LogP contribution in [0, 0.1) is 5.92 Å². The van der Waals surface area contributed by atoms with Crippen LogP contribution in [0.5, 0.6) is 0 Å². The summed E-state index contributed by atoms with van der Waals surface area (Å²) >= 11 is 0. The van der Waals surface area contributed by atoms with Crippen LogP contribution < -0.4 is 0 Å². The van der Waals surface area contributed by atoms with Gasteiger partial charge < -0.3 is 5.11 Å². The molecule has 0 aliphatic carbocycles. The lowest BCUT2D eigenvalue weighted by atomic mass is 9.86. The number of sulfone groups is 1. The van der Waals surface area contributed by atoms with Crippen molar-refractivity contribution in [2.45, 2.75) is 25.4 Å². The van der Waals surface area contributed by atoms with E-state index in [4.69, 9.17) is 5.11 Å². The summed E-state index contributed by atoms with van der Waals surface area (Å²) in [5, 5.41) is 8.60. The van der Waals surface area contributed by atoms with Gasteiger partial charge in [-0.1, -0.05) is 0 Å². The van der Waals surface area contributed by atoms with E-state index in [1.807, 2.05) is 0 Å². The molecule has 1 fully saturated rings. The van der Waals surface area contributed by atoms with Crippen molar-refractivity contribution in [1.29, 1.82) is 0 Å². The number of hydrogen-bond donors (Lipinski definition) is 1. The second-order valence-corrected chi connectivity index (χ2v) is 6.11. The van der Waals surface area contributed by atoms with Crippen molar-refractivity contribution in [2.75, 3.05) is 11.5 Å². The maximum Gasteiger partial charge on any atom is 0.341 e. The molecule has 0 bridgehead atoms. The van der Waals surface area contributed by atoms with Gasteiger partial charge in [0.05, 0.1) is 11.5 Å². The van der Waals surface area contributed by atoms with Crippen LogP contribution in [0.4, 0.5) is 4.39 Å². The fourth-order valence-corrected chi connectivity index (χ4v) is 3.10. The Morgan fingerprint density at radius 3 is 2.21 bits per heavy atom. The largest absolute Gasteiger partial charge is 0.479 e. The number of carboxylic acid groups (broad SMARTS) is 1. The normalized spacial score (nSPS) is 26.7. The number of hydrogen-bond acceptors (Lipinski definition) is 3. The summed E-state index contributed by atoms with van der Waals surface area (Å²) < 4.78 is 35.6. The van der Waals surface area contributed by atoms with E-state index in [0.717, 1.165) is 6.92 Å². The van der Waals surface area contributed by atoms with Crippen molar-refractivity contribution in [3.8, 4) is 0 Å². The van der Waals surface area contributed by atoms with Crippen molar-refractivity contribution in [2.24, 2.45) is 5.92 Å². The molecule has 0 saturated carbocycles. The molecular weight excluding hydrogens is 211 g/mol. The molecule has 0 aromatic heterocycles. The SMILES string of the molecule is CC(F)(C(=O)O)C1CCS(=O)(=O)CC1. The van der Waals surface area contributed by atoms with E-state index >= 15 is 0 Å². The van der Waals surface area contributed by atoms with E-state index in [0.29, 0.717) is 0 Å². The first kappa shape index (κ1) is 11.4. The third-order valence-corrected chi connectivity index (χ3v) is 4.45. The number of aliphatic carboxylic acids is 1. The van der Waals surface area contributed by atoms with Crippen molar-refractivity contribution in [1.82, 2.24) is 0 Å². The monoisotopic (exact) mass is 224 g/mol. The molecule has 6 heteroatoms. The van der Waals surface area contributed by atoms with E-state index in [9.17, 15) is 17.6 Å². The lowest BCUT2D eigenvalue weighted by molar-refractivity contribution is -0.153. The fraction of sp³-hybridized carbons (Fsp3) is 0.875. The molecule has 0 radical (unpaired) electrons. The van der Waals surface area contributed by atoms with Gasteiger partial charge in [-0.3, -0.25) is 0 Å². The zero-order chi connectivity index (χ0) is 11.0. The molecule has 1 rings (SSSR count). The maximum absolute atomic E-state index is 13.6. The molecular formula is C8H13FO4S. The molecule has 1 aliphatic rings. The lowest BCUT2D eigenvalue weighted by Crippen LogP contribution is -2.42. The van der Waals surface area contributed by atoms with Gasteiger partial charge in [0.1, 0.15) is 9.84 Å². The molecule has 0 aromatic rings. The van der Waals surface area contributed by atoms with Crippen LogP contribution in [0.15, 0.2) is 0 Å². The Balaban J connectivity index is 2.71. The van der Waals surface area contributed by atoms with Crippen LogP contribution in [0.25, 0.3) is 0 Å². The fourth-order valence-electron chi connectivity index (χ4n) is 1.61. The average Bonchev–Trinajstić information content (AvgIpc) is 2.03. The van der Waals surface area contributed by atoms with Crippen LogP contribution >= 0.6 is 0 Å². The maximum atomic E-state index is 13.6. The molecule has 0 amide bonds. The summed E-state index contributed by atoms with van der Waals surface area (Å²) in [5.74, 6) is -2.42. The van der Waals surface area contributed by atoms with E-state index in [1.54, 1.807) is 0 Å². The molecule has 1 N–H and O–H groups in total. The van der Waals surface area contributed by atoms with Crippen LogP contribution in [0.1, 0.15) is 19.8 Å². The Bertz CT molecular complexity index is 319. The summed E-state index contributed by atoms with van der Waals surface area (Å²) in [6.07, 6.45) is 0.198. The zero-order valence-corrected chi connectivity index (χ0v) is 8.68. The highest BCUT2D eigenvalue weighted by Gasteiger charge is 2.44. The number of alkyl halides is 1. The molecule has 82 valence electrons.